The molecule has 0 amide bonds. The average Bonchev–Trinajstić information content (AvgIpc) is 3.45. The number of rotatable bonds is 3. The van der Waals surface area contributed by atoms with E-state index in [-0.39, 0.29) is 6.04 Å². The fraction of sp³-hybridized carbons (Fsp3) is 0.300. The lowest BCUT2D eigenvalue weighted by atomic mass is 10.1. The van der Waals surface area contributed by atoms with Crippen LogP contribution in [0.25, 0.3) is 21.9 Å². The van der Waals surface area contributed by atoms with E-state index >= 15 is 0 Å². The molecular formula is C20H20N8O. The number of aromatic amines is 1. The molecule has 1 aliphatic rings. The largest absolute Gasteiger partial charge is 0.383 e. The molecule has 9 nitrogen and oxygen atoms in total. The average molecular weight is 388 g/mol. The second-order valence-corrected chi connectivity index (χ2v) is 7.12. The van der Waals surface area contributed by atoms with Crippen LogP contribution in [0.4, 0.5) is 5.82 Å². The van der Waals surface area contributed by atoms with Gasteiger partial charge in [-0.3, -0.25) is 5.10 Å². The summed E-state index contributed by atoms with van der Waals surface area (Å²) in [5, 5.41) is 17.0. The van der Waals surface area contributed by atoms with Gasteiger partial charge in [0.2, 0.25) is 0 Å². The van der Waals surface area contributed by atoms with Gasteiger partial charge in [0.15, 0.2) is 5.65 Å². The van der Waals surface area contributed by atoms with E-state index in [0.29, 0.717) is 35.2 Å². The Morgan fingerprint density at radius 2 is 2.24 bits per heavy atom. The van der Waals surface area contributed by atoms with Crippen LogP contribution < -0.4 is 11.1 Å². The summed E-state index contributed by atoms with van der Waals surface area (Å²) in [5.74, 6) is 6.72. The van der Waals surface area contributed by atoms with Crippen molar-refractivity contribution in [2.24, 2.45) is 0 Å². The Bertz CT molecular complexity index is 1250. The lowest BCUT2D eigenvalue weighted by molar-refractivity contribution is 0.172. The third-order valence-corrected chi connectivity index (χ3v) is 5.20. The molecular weight excluding hydrogens is 368 g/mol. The summed E-state index contributed by atoms with van der Waals surface area (Å²) in [7, 11) is 1.71. The topological polar surface area (TPSA) is 120 Å². The van der Waals surface area contributed by atoms with Crippen molar-refractivity contribution in [2.75, 3.05) is 26.0 Å². The van der Waals surface area contributed by atoms with Crippen LogP contribution in [0.15, 0.2) is 30.7 Å². The molecule has 1 saturated heterocycles. The van der Waals surface area contributed by atoms with Crippen molar-refractivity contribution in [3.8, 4) is 11.8 Å². The number of H-pyrrole nitrogens is 1. The monoisotopic (exact) mass is 388 g/mol. The van der Waals surface area contributed by atoms with Crippen LogP contribution in [0, 0.1) is 11.8 Å². The molecule has 0 aliphatic carbocycles. The number of nitrogens with one attached hydrogen (secondary N) is 2. The molecule has 4 N–H and O–H groups in total. The van der Waals surface area contributed by atoms with Gasteiger partial charge < -0.3 is 15.8 Å². The molecule has 0 saturated carbocycles. The van der Waals surface area contributed by atoms with Gasteiger partial charge in [-0.1, -0.05) is 5.92 Å². The fourth-order valence-electron chi connectivity index (χ4n) is 3.80. The summed E-state index contributed by atoms with van der Waals surface area (Å²) in [6.07, 6.45) is 4.15. The van der Waals surface area contributed by atoms with Crippen molar-refractivity contribution in [1.82, 2.24) is 35.3 Å². The first-order valence-electron chi connectivity index (χ1n) is 9.39. The minimum absolute atomic E-state index is 0.156. The Morgan fingerprint density at radius 3 is 3.14 bits per heavy atom. The molecule has 0 spiro atoms. The molecule has 5 rings (SSSR count). The first-order valence-corrected chi connectivity index (χ1v) is 9.39. The summed E-state index contributed by atoms with van der Waals surface area (Å²) in [5.41, 5.74) is 9.24. The number of fused-ring (bicyclic) bond motifs is 2. The molecule has 4 heterocycles. The molecule has 1 aliphatic heterocycles. The van der Waals surface area contributed by atoms with Crippen LogP contribution in [-0.2, 0) is 4.74 Å². The summed E-state index contributed by atoms with van der Waals surface area (Å²) in [4.78, 5) is 8.57. The molecule has 1 fully saturated rings. The number of aromatic nitrogens is 6. The summed E-state index contributed by atoms with van der Waals surface area (Å²) in [6, 6.07) is 6.35. The molecule has 0 unspecified atom stereocenters. The van der Waals surface area contributed by atoms with Gasteiger partial charge in [-0.2, -0.15) is 10.2 Å². The standard InChI is InChI=1S/C20H20N8O/c1-29-10-14-7-15(9-22-14)28-20-18(19(21)23-11-24-20)16(27-28)5-3-12-2-4-13-8-25-26-17(13)6-12/h2,4,6,8,11,14-15,22H,7,9-10H2,1H3,(H,25,26)(H2,21,23,24)/t14-,15+/m1/s1. The van der Waals surface area contributed by atoms with E-state index in [0.717, 1.165) is 29.4 Å². The Hall–Kier alpha value is -3.48. The van der Waals surface area contributed by atoms with E-state index in [4.69, 9.17) is 15.6 Å². The van der Waals surface area contributed by atoms with Crippen molar-refractivity contribution >= 4 is 27.8 Å². The number of ether oxygens (including phenoxy) is 1. The Labute approximate surface area is 166 Å². The van der Waals surface area contributed by atoms with Gasteiger partial charge in [0.1, 0.15) is 17.8 Å². The first-order chi connectivity index (χ1) is 14.2. The maximum atomic E-state index is 6.15. The van der Waals surface area contributed by atoms with Crippen molar-refractivity contribution in [3.63, 3.8) is 0 Å². The van der Waals surface area contributed by atoms with Crippen LogP contribution in [0.3, 0.4) is 0 Å². The van der Waals surface area contributed by atoms with E-state index in [1.165, 1.54) is 6.33 Å². The van der Waals surface area contributed by atoms with Gasteiger partial charge in [-0.05, 0) is 30.5 Å². The molecule has 0 radical (unpaired) electrons. The Kier molecular flexibility index (Phi) is 4.35. The fourth-order valence-corrected chi connectivity index (χ4v) is 3.80. The maximum Gasteiger partial charge on any atom is 0.164 e. The van der Waals surface area contributed by atoms with Crippen LogP contribution in [0.5, 0.6) is 0 Å². The zero-order chi connectivity index (χ0) is 19.8. The van der Waals surface area contributed by atoms with Gasteiger partial charge in [0.25, 0.3) is 0 Å². The number of hydrogen-bond acceptors (Lipinski definition) is 7. The lowest BCUT2D eigenvalue weighted by Crippen LogP contribution is -2.25. The third kappa shape index (κ3) is 3.18. The number of methoxy groups -OCH3 is 1. The first kappa shape index (κ1) is 17.6. The van der Waals surface area contributed by atoms with Crippen molar-refractivity contribution in [3.05, 3.63) is 42.0 Å². The smallest absolute Gasteiger partial charge is 0.164 e. The molecule has 146 valence electrons. The van der Waals surface area contributed by atoms with Gasteiger partial charge in [0, 0.05) is 30.6 Å². The van der Waals surface area contributed by atoms with Gasteiger partial charge in [-0.15, -0.1) is 0 Å². The minimum Gasteiger partial charge on any atom is -0.383 e. The SMILES string of the molecule is COC[C@H]1C[C@H](n2nc(C#Cc3ccc4cn[nH]c4c3)c3c(N)ncnc32)CN1. The molecule has 4 aromatic rings. The quantitative estimate of drug-likeness (QED) is 0.452. The second-order valence-electron chi connectivity index (χ2n) is 7.12. The van der Waals surface area contributed by atoms with E-state index < -0.39 is 0 Å². The van der Waals surface area contributed by atoms with Crippen molar-refractivity contribution in [1.29, 1.82) is 0 Å². The normalized spacial score (nSPS) is 18.9. The van der Waals surface area contributed by atoms with Gasteiger partial charge >= 0.3 is 0 Å². The number of nitrogen functional groups attached to an aromatic ring is 1. The summed E-state index contributed by atoms with van der Waals surface area (Å²) in [6.45, 7) is 1.45. The van der Waals surface area contributed by atoms with E-state index in [9.17, 15) is 0 Å². The zero-order valence-electron chi connectivity index (χ0n) is 15.9. The highest BCUT2D eigenvalue weighted by Gasteiger charge is 2.28. The molecule has 2 atom stereocenters. The lowest BCUT2D eigenvalue weighted by Gasteiger charge is -2.10. The zero-order valence-corrected chi connectivity index (χ0v) is 15.9. The van der Waals surface area contributed by atoms with E-state index in [1.54, 1.807) is 13.3 Å². The molecule has 0 bridgehead atoms. The number of nitrogens with zero attached hydrogens (tertiary/aromatic N) is 5. The molecule has 3 aromatic heterocycles. The molecule has 1 aromatic carbocycles. The Morgan fingerprint density at radius 1 is 1.31 bits per heavy atom. The van der Waals surface area contributed by atoms with Crippen LogP contribution in [0.1, 0.15) is 23.7 Å². The van der Waals surface area contributed by atoms with Crippen LogP contribution >= 0.6 is 0 Å². The predicted octanol–water partition coefficient (Wildman–Crippen LogP) is 1.23. The summed E-state index contributed by atoms with van der Waals surface area (Å²) < 4.78 is 7.18. The number of hydrogen-bond donors (Lipinski definition) is 3. The highest BCUT2D eigenvalue weighted by atomic mass is 16.5. The summed E-state index contributed by atoms with van der Waals surface area (Å²) >= 11 is 0. The maximum absolute atomic E-state index is 6.15. The highest BCUT2D eigenvalue weighted by Crippen LogP contribution is 2.27. The second kappa shape index (κ2) is 7.16. The van der Waals surface area contributed by atoms with E-state index in [1.807, 2.05) is 22.9 Å². The highest BCUT2D eigenvalue weighted by molar-refractivity contribution is 5.90. The van der Waals surface area contributed by atoms with Crippen LogP contribution in [0.2, 0.25) is 0 Å². The third-order valence-electron chi connectivity index (χ3n) is 5.20. The minimum atomic E-state index is 0.156. The van der Waals surface area contributed by atoms with Gasteiger partial charge in [0.05, 0.1) is 29.7 Å². The van der Waals surface area contributed by atoms with E-state index in [2.05, 4.69) is 37.3 Å². The molecule has 9 heteroatoms. The predicted molar refractivity (Wildman–Crippen MR) is 109 cm³/mol. The molecule has 29 heavy (non-hydrogen) atoms. The van der Waals surface area contributed by atoms with Gasteiger partial charge in [-0.25, -0.2) is 14.6 Å². The van der Waals surface area contributed by atoms with Crippen molar-refractivity contribution in [2.45, 2.75) is 18.5 Å². The Balaban J connectivity index is 1.54. The number of benzene rings is 1. The van der Waals surface area contributed by atoms with Crippen LogP contribution in [-0.4, -0.2) is 56.2 Å². The number of nitrogens with two attached hydrogens (primary N) is 1. The van der Waals surface area contributed by atoms with Crippen molar-refractivity contribution < 1.29 is 4.74 Å². The number of anilines is 1.